The van der Waals surface area contributed by atoms with Gasteiger partial charge in [-0.2, -0.15) is 5.10 Å². The van der Waals surface area contributed by atoms with Gasteiger partial charge in [-0.25, -0.2) is 4.68 Å². The fourth-order valence-electron chi connectivity index (χ4n) is 2.62. The van der Waals surface area contributed by atoms with Crippen LogP contribution in [-0.4, -0.2) is 28.8 Å². The Morgan fingerprint density at radius 3 is 2.56 bits per heavy atom. The lowest BCUT2D eigenvalue weighted by atomic mass is 10.1. The molecule has 0 atom stereocenters. The quantitative estimate of drug-likeness (QED) is 0.652. The number of rotatable bonds is 5. The van der Waals surface area contributed by atoms with E-state index in [9.17, 15) is 4.79 Å². The molecule has 0 aliphatic carbocycles. The van der Waals surface area contributed by atoms with Gasteiger partial charge in [0.1, 0.15) is 11.4 Å². The maximum absolute atomic E-state index is 12.7. The highest BCUT2D eigenvalue weighted by molar-refractivity contribution is 6.42. The van der Waals surface area contributed by atoms with Crippen molar-refractivity contribution in [1.29, 1.82) is 0 Å². The molecule has 0 radical (unpaired) electrons. The minimum Gasteiger partial charge on any atom is -0.497 e. The van der Waals surface area contributed by atoms with E-state index in [1.54, 1.807) is 36.1 Å². The third kappa shape index (κ3) is 4.26. The van der Waals surface area contributed by atoms with Gasteiger partial charge in [0.15, 0.2) is 0 Å². The summed E-state index contributed by atoms with van der Waals surface area (Å²) in [6, 6.07) is 14.4. The summed E-state index contributed by atoms with van der Waals surface area (Å²) in [5.74, 6) is 0.488. The van der Waals surface area contributed by atoms with E-state index in [1.165, 1.54) is 0 Å². The molecule has 1 aromatic heterocycles. The number of nitrogens with zero attached hydrogens (tertiary/aromatic N) is 2. The predicted molar refractivity (Wildman–Crippen MR) is 108 cm³/mol. The number of halogens is 2. The van der Waals surface area contributed by atoms with Crippen LogP contribution in [0.5, 0.6) is 5.75 Å². The molecule has 5 nitrogen and oxygen atoms in total. The van der Waals surface area contributed by atoms with Crippen molar-refractivity contribution in [1.82, 2.24) is 15.1 Å². The number of nitrogens with one attached hydrogen (secondary N) is 1. The van der Waals surface area contributed by atoms with Gasteiger partial charge in [-0.05, 0) is 50.2 Å². The molecule has 0 spiro atoms. The van der Waals surface area contributed by atoms with Crippen LogP contribution in [0.4, 0.5) is 0 Å². The Kier molecular flexibility index (Phi) is 5.73. The molecule has 0 saturated heterocycles. The van der Waals surface area contributed by atoms with Crippen LogP contribution in [0.3, 0.4) is 0 Å². The summed E-state index contributed by atoms with van der Waals surface area (Å²) < 4.78 is 6.85. The van der Waals surface area contributed by atoms with Gasteiger partial charge in [-0.1, -0.05) is 35.3 Å². The maximum atomic E-state index is 12.7. The lowest BCUT2D eigenvalue weighted by Crippen LogP contribution is -2.31. The molecule has 27 heavy (non-hydrogen) atoms. The predicted octanol–water partition coefficient (Wildman–Crippen LogP) is 4.99. The highest BCUT2D eigenvalue weighted by Crippen LogP contribution is 2.28. The van der Waals surface area contributed by atoms with Gasteiger partial charge >= 0.3 is 0 Å². The number of ether oxygens (including phenoxy) is 1. The van der Waals surface area contributed by atoms with E-state index >= 15 is 0 Å². The minimum absolute atomic E-state index is 0.00470. The SMILES string of the molecule is COc1cccc(-c2cc(C(=O)NC(C)C)n(-c3ccc(Cl)c(Cl)c3)n2)c1. The summed E-state index contributed by atoms with van der Waals surface area (Å²) in [6.45, 7) is 3.81. The molecule has 0 unspecified atom stereocenters. The molecule has 2 aromatic carbocycles. The average molecular weight is 404 g/mol. The second-order valence-electron chi connectivity index (χ2n) is 6.29. The topological polar surface area (TPSA) is 56.1 Å². The van der Waals surface area contributed by atoms with Crippen LogP contribution >= 0.6 is 23.2 Å². The Morgan fingerprint density at radius 2 is 1.89 bits per heavy atom. The highest BCUT2D eigenvalue weighted by Gasteiger charge is 2.19. The standard InChI is InChI=1S/C20H19Cl2N3O2/c1-12(2)23-20(26)19-11-18(13-5-4-6-15(9-13)27-3)24-25(19)14-7-8-16(21)17(22)10-14/h4-12H,1-3H3,(H,23,26). The lowest BCUT2D eigenvalue weighted by molar-refractivity contribution is 0.0935. The molecule has 0 aliphatic rings. The molecule has 1 heterocycles. The summed E-state index contributed by atoms with van der Waals surface area (Å²) in [5.41, 5.74) is 2.54. The molecule has 0 fully saturated rings. The second kappa shape index (κ2) is 8.03. The maximum Gasteiger partial charge on any atom is 0.270 e. The Morgan fingerprint density at radius 1 is 1.11 bits per heavy atom. The van der Waals surface area contributed by atoms with Crippen molar-refractivity contribution in [3.63, 3.8) is 0 Å². The zero-order valence-electron chi connectivity index (χ0n) is 15.2. The number of hydrogen-bond donors (Lipinski definition) is 1. The lowest BCUT2D eigenvalue weighted by Gasteiger charge is -2.11. The van der Waals surface area contributed by atoms with Crippen LogP contribution in [0.1, 0.15) is 24.3 Å². The molecule has 0 bridgehead atoms. The molecule has 3 aromatic rings. The van der Waals surface area contributed by atoms with Crippen LogP contribution in [0.2, 0.25) is 10.0 Å². The third-order valence-electron chi connectivity index (χ3n) is 3.88. The number of benzene rings is 2. The molecule has 140 valence electrons. The van der Waals surface area contributed by atoms with E-state index in [4.69, 9.17) is 27.9 Å². The van der Waals surface area contributed by atoms with Crippen molar-refractivity contribution in [3.05, 3.63) is 64.3 Å². The molecule has 7 heteroatoms. The van der Waals surface area contributed by atoms with Crippen molar-refractivity contribution in [2.24, 2.45) is 0 Å². The van der Waals surface area contributed by atoms with Gasteiger partial charge in [0.2, 0.25) is 0 Å². The van der Waals surface area contributed by atoms with E-state index in [0.29, 0.717) is 32.9 Å². The Hall–Kier alpha value is -2.50. The van der Waals surface area contributed by atoms with Gasteiger partial charge in [-0.15, -0.1) is 0 Å². The van der Waals surface area contributed by atoms with Gasteiger partial charge < -0.3 is 10.1 Å². The van der Waals surface area contributed by atoms with Gasteiger partial charge in [-0.3, -0.25) is 4.79 Å². The zero-order valence-corrected chi connectivity index (χ0v) is 16.7. The normalized spacial score (nSPS) is 10.9. The summed E-state index contributed by atoms with van der Waals surface area (Å²) in [6.07, 6.45) is 0. The second-order valence-corrected chi connectivity index (χ2v) is 7.10. The Labute approximate surface area is 167 Å². The smallest absolute Gasteiger partial charge is 0.270 e. The van der Waals surface area contributed by atoms with Crippen molar-refractivity contribution < 1.29 is 9.53 Å². The number of carbonyl (C=O) groups is 1. The van der Waals surface area contributed by atoms with Crippen LogP contribution < -0.4 is 10.1 Å². The van der Waals surface area contributed by atoms with E-state index in [1.807, 2.05) is 38.1 Å². The Balaban J connectivity index is 2.13. The van der Waals surface area contributed by atoms with E-state index in [2.05, 4.69) is 10.4 Å². The number of hydrogen-bond acceptors (Lipinski definition) is 3. The van der Waals surface area contributed by atoms with E-state index < -0.39 is 0 Å². The van der Waals surface area contributed by atoms with Crippen molar-refractivity contribution in [2.75, 3.05) is 7.11 Å². The third-order valence-corrected chi connectivity index (χ3v) is 4.61. The molecular weight excluding hydrogens is 385 g/mol. The Bertz CT molecular complexity index is 983. The summed E-state index contributed by atoms with van der Waals surface area (Å²) in [4.78, 5) is 12.7. The first-order chi connectivity index (χ1) is 12.9. The van der Waals surface area contributed by atoms with Crippen molar-refractivity contribution in [3.8, 4) is 22.7 Å². The number of methoxy groups -OCH3 is 1. The molecule has 1 amide bonds. The summed E-state index contributed by atoms with van der Waals surface area (Å²) in [5, 5.41) is 8.35. The van der Waals surface area contributed by atoms with Crippen LogP contribution in [0.15, 0.2) is 48.5 Å². The first-order valence-corrected chi connectivity index (χ1v) is 9.15. The van der Waals surface area contributed by atoms with Crippen LogP contribution in [-0.2, 0) is 0 Å². The summed E-state index contributed by atoms with van der Waals surface area (Å²) >= 11 is 12.2. The largest absolute Gasteiger partial charge is 0.497 e. The zero-order chi connectivity index (χ0) is 19.6. The number of aromatic nitrogens is 2. The van der Waals surface area contributed by atoms with Crippen LogP contribution in [0.25, 0.3) is 16.9 Å². The van der Waals surface area contributed by atoms with Gasteiger partial charge in [0.25, 0.3) is 5.91 Å². The first kappa shape index (κ1) is 19.3. The van der Waals surface area contributed by atoms with Crippen LogP contribution in [0, 0.1) is 0 Å². The monoisotopic (exact) mass is 403 g/mol. The number of amides is 1. The van der Waals surface area contributed by atoms with Crippen molar-refractivity contribution in [2.45, 2.75) is 19.9 Å². The summed E-state index contributed by atoms with van der Waals surface area (Å²) in [7, 11) is 1.61. The first-order valence-electron chi connectivity index (χ1n) is 8.40. The minimum atomic E-state index is -0.224. The molecule has 0 saturated carbocycles. The highest BCUT2D eigenvalue weighted by atomic mass is 35.5. The number of carbonyl (C=O) groups excluding carboxylic acids is 1. The van der Waals surface area contributed by atoms with E-state index in [0.717, 1.165) is 5.56 Å². The average Bonchev–Trinajstić information content (AvgIpc) is 3.09. The van der Waals surface area contributed by atoms with Crippen molar-refractivity contribution >= 4 is 29.1 Å². The molecular formula is C20H19Cl2N3O2. The van der Waals surface area contributed by atoms with E-state index in [-0.39, 0.29) is 11.9 Å². The fourth-order valence-corrected chi connectivity index (χ4v) is 2.91. The van der Waals surface area contributed by atoms with Gasteiger partial charge in [0, 0.05) is 11.6 Å². The molecule has 0 aliphatic heterocycles. The fraction of sp³-hybridized carbons (Fsp3) is 0.200. The van der Waals surface area contributed by atoms with Gasteiger partial charge in [0.05, 0.1) is 28.5 Å². The molecule has 1 N–H and O–H groups in total. The molecule has 3 rings (SSSR count).